The number of nitrogens with zero attached hydrogens (tertiary/aromatic N) is 2. The number of nitro benzene ring substituents is 1. The molecule has 0 aliphatic rings. The zero-order valence-corrected chi connectivity index (χ0v) is 9.00. The van der Waals surface area contributed by atoms with E-state index in [2.05, 4.69) is 4.98 Å². The van der Waals surface area contributed by atoms with E-state index in [4.69, 9.17) is 10.5 Å². The number of fused-ring (bicyclic) bond motifs is 1. The second-order valence-electron chi connectivity index (χ2n) is 3.38. The molecule has 6 nitrogen and oxygen atoms in total. The minimum Gasteiger partial charge on any atom is -0.492 e. The van der Waals surface area contributed by atoms with E-state index in [-0.39, 0.29) is 5.69 Å². The van der Waals surface area contributed by atoms with Gasteiger partial charge in [0.2, 0.25) is 0 Å². The lowest BCUT2D eigenvalue weighted by Gasteiger charge is -2.07. The van der Waals surface area contributed by atoms with Crippen molar-refractivity contribution in [2.75, 3.05) is 13.2 Å². The maximum Gasteiger partial charge on any atom is 0.295 e. The Balaban J connectivity index is 2.57. The standard InChI is InChI=1S/C11H11N3O3/c12-5-7-17-10-4-6-13-11-8(10)2-1-3-9(11)14(15)16/h1-4,6H,5,7,12H2. The Hall–Kier alpha value is -2.21. The predicted molar refractivity (Wildman–Crippen MR) is 62.9 cm³/mol. The van der Waals surface area contributed by atoms with Gasteiger partial charge in [0.05, 0.1) is 4.92 Å². The normalized spacial score (nSPS) is 10.4. The maximum atomic E-state index is 10.8. The third-order valence-electron chi connectivity index (χ3n) is 2.28. The van der Waals surface area contributed by atoms with Crippen LogP contribution in [0.1, 0.15) is 0 Å². The highest BCUT2D eigenvalue weighted by molar-refractivity contribution is 5.91. The summed E-state index contributed by atoms with van der Waals surface area (Å²) in [6.07, 6.45) is 1.49. The van der Waals surface area contributed by atoms with Crippen LogP contribution in [0.3, 0.4) is 0 Å². The topological polar surface area (TPSA) is 91.3 Å². The summed E-state index contributed by atoms with van der Waals surface area (Å²) in [7, 11) is 0. The first kappa shape index (κ1) is 11.3. The van der Waals surface area contributed by atoms with Gasteiger partial charge in [-0.3, -0.25) is 10.1 Å². The highest BCUT2D eigenvalue weighted by Gasteiger charge is 2.14. The minimum absolute atomic E-state index is 0.0271. The molecule has 0 aliphatic carbocycles. The fourth-order valence-corrected chi connectivity index (χ4v) is 1.58. The number of pyridine rings is 1. The van der Waals surface area contributed by atoms with Crippen molar-refractivity contribution in [3.63, 3.8) is 0 Å². The zero-order chi connectivity index (χ0) is 12.3. The van der Waals surface area contributed by atoms with Crippen molar-refractivity contribution in [1.82, 2.24) is 4.98 Å². The van der Waals surface area contributed by atoms with Crippen LogP contribution in [0.2, 0.25) is 0 Å². The average molecular weight is 233 g/mol. The van der Waals surface area contributed by atoms with E-state index in [0.717, 1.165) is 0 Å². The molecule has 0 amide bonds. The van der Waals surface area contributed by atoms with Gasteiger partial charge in [-0.15, -0.1) is 0 Å². The van der Waals surface area contributed by atoms with Crippen molar-refractivity contribution < 1.29 is 9.66 Å². The van der Waals surface area contributed by atoms with Gasteiger partial charge in [0.15, 0.2) is 5.52 Å². The van der Waals surface area contributed by atoms with Crippen molar-refractivity contribution in [2.45, 2.75) is 0 Å². The van der Waals surface area contributed by atoms with Gasteiger partial charge in [-0.2, -0.15) is 0 Å². The van der Waals surface area contributed by atoms with Gasteiger partial charge in [-0.05, 0) is 12.1 Å². The van der Waals surface area contributed by atoms with Gasteiger partial charge in [-0.25, -0.2) is 4.98 Å². The van der Waals surface area contributed by atoms with Gasteiger partial charge in [0.1, 0.15) is 12.4 Å². The lowest BCUT2D eigenvalue weighted by Crippen LogP contribution is -2.10. The largest absolute Gasteiger partial charge is 0.492 e. The lowest BCUT2D eigenvalue weighted by molar-refractivity contribution is -0.383. The first-order chi connectivity index (χ1) is 8.24. The molecule has 1 heterocycles. The van der Waals surface area contributed by atoms with Crippen LogP contribution in [0.15, 0.2) is 30.5 Å². The molecule has 17 heavy (non-hydrogen) atoms. The highest BCUT2D eigenvalue weighted by Crippen LogP contribution is 2.29. The molecule has 1 aromatic carbocycles. The van der Waals surface area contributed by atoms with Crippen molar-refractivity contribution in [1.29, 1.82) is 0 Å². The van der Waals surface area contributed by atoms with E-state index in [9.17, 15) is 10.1 Å². The zero-order valence-electron chi connectivity index (χ0n) is 9.00. The van der Waals surface area contributed by atoms with Crippen LogP contribution in [0.4, 0.5) is 5.69 Å². The molecule has 0 saturated carbocycles. The molecular weight excluding hydrogens is 222 g/mol. The number of ether oxygens (including phenoxy) is 1. The van der Waals surface area contributed by atoms with Crippen LogP contribution in [-0.2, 0) is 0 Å². The summed E-state index contributed by atoms with van der Waals surface area (Å²) in [4.78, 5) is 14.4. The van der Waals surface area contributed by atoms with E-state index in [1.807, 2.05) is 0 Å². The van der Waals surface area contributed by atoms with E-state index in [1.54, 1.807) is 18.2 Å². The molecule has 0 saturated heterocycles. The van der Waals surface area contributed by atoms with Gasteiger partial charge in [0, 0.05) is 24.2 Å². The van der Waals surface area contributed by atoms with Crippen molar-refractivity contribution >= 4 is 16.6 Å². The van der Waals surface area contributed by atoms with Crippen LogP contribution < -0.4 is 10.5 Å². The number of hydrogen-bond acceptors (Lipinski definition) is 5. The number of nitro groups is 1. The Bertz CT molecular complexity index is 557. The van der Waals surface area contributed by atoms with Crippen molar-refractivity contribution in [3.05, 3.63) is 40.6 Å². The summed E-state index contributed by atoms with van der Waals surface area (Å²) >= 11 is 0. The summed E-state index contributed by atoms with van der Waals surface area (Å²) in [5.74, 6) is 0.559. The van der Waals surface area contributed by atoms with E-state index in [1.165, 1.54) is 12.3 Å². The average Bonchev–Trinajstić information content (AvgIpc) is 2.35. The molecule has 0 bridgehead atoms. The molecule has 0 fully saturated rings. The molecule has 0 radical (unpaired) electrons. The highest BCUT2D eigenvalue weighted by atomic mass is 16.6. The SMILES string of the molecule is NCCOc1ccnc2c([N+](=O)[O-])cccc12. The molecule has 1 aromatic heterocycles. The van der Waals surface area contributed by atoms with Crippen LogP contribution in [0.25, 0.3) is 10.9 Å². The summed E-state index contributed by atoms with van der Waals surface area (Å²) in [6, 6.07) is 6.43. The molecule has 0 atom stereocenters. The molecule has 2 rings (SSSR count). The third kappa shape index (κ3) is 2.16. The molecule has 6 heteroatoms. The Labute approximate surface area is 97.2 Å². The molecule has 2 N–H and O–H groups in total. The molecule has 2 aromatic rings. The Morgan fingerprint density at radius 1 is 1.41 bits per heavy atom. The Morgan fingerprint density at radius 2 is 2.24 bits per heavy atom. The molecule has 0 unspecified atom stereocenters. The number of benzene rings is 1. The lowest BCUT2D eigenvalue weighted by atomic mass is 10.2. The fourth-order valence-electron chi connectivity index (χ4n) is 1.58. The summed E-state index contributed by atoms with van der Waals surface area (Å²) in [5, 5.41) is 11.5. The molecule has 88 valence electrons. The van der Waals surface area contributed by atoms with Gasteiger partial charge in [0.25, 0.3) is 5.69 Å². The van der Waals surface area contributed by atoms with E-state index >= 15 is 0 Å². The van der Waals surface area contributed by atoms with Crippen molar-refractivity contribution in [3.8, 4) is 5.75 Å². The summed E-state index contributed by atoms with van der Waals surface area (Å²) < 4.78 is 5.42. The third-order valence-corrected chi connectivity index (χ3v) is 2.28. The number of nitrogens with two attached hydrogens (primary N) is 1. The van der Waals surface area contributed by atoms with Crippen LogP contribution in [0, 0.1) is 10.1 Å². The molecular formula is C11H11N3O3. The number of hydrogen-bond donors (Lipinski definition) is 1. The molecule has 0 spiro atoms. The van der Waals surface area contributed by atoms with Gasteiger partial charge >= 0.3 is 0 Å². The van der Waals surface area contributed by atoms with Crippen LogP contribution in [-0.4, -0.2) is 23.1 Å². The Kier molecular flexibility index (Phi) is 3.15. The van der Waals surface area contributed by atoms with Crippen molar-refractivity contribution in [2.24, 2.45) is 5.73 Å². The monoisotopic (exact) mass is 233 g/mol. The summed E-state index contributed by atoms with van der Waals surface area (Å²) in [5.41, 5.74) is 5.65. The van der Waals surface area contributed by atoms with Gasteiger partial charge in [-0.1, -0.05) is 6.07 Å². The predicted octanol–water partition coefficient (Wildman–Crippen LogP) is 1.48. The first-order valence-electron chi connectivity index (χ1n) is 5.09. The second-order valence-corrected chi connectivity index (χ2v) is 3.38. The number of non-ortho nitro benzene ring substituents is 1. The number of para-hydroxylation sites is 1. The number of rotatable bonds is 4. The van der Waals surface area contributed by atoms with Gasteiger partial charge < -0.3 is 10.5 Å². The fraction of sp³-hybridized carbons (Fsp3) is 0.182. The van der Waals surface area contributed by atoms with E-state index in [0.29, 0.717) is 29.8 Å². The smallest absolute Gasteiger partial charge is 0.295 e. The molecule has 0 aliphatic heterocycles. The maximum absolute atomic E-state index is 10.8. The quantitative estimate of drug-likeness (QED) is 0.637. The van der Waals surface area contributed by atoms with E-state index < -0.39 is 4.92 Å². The second kappa shape index (κ2) is 4.75. The summed E-state index contributed by atoms with van der Waals surface area (Å²) in [6.45, 7) is 0.751. The van der Waals surface area contributed by atoms with Crippen LogP contribution in [0.5, 0.6) is 5.75 Å². The first-order valence-corrected chi connectivity index (χ1v) is 5.09. The number of aromatic nitrogens is 1. The van der Waals surface area contributed by atoms with Crippen LogP contribution >= 0.6 is 0 Å². The minimum atomic E-state index is -0.456. The Morgan fingerprint density at radius 3 is 2.94 bits per heavy atom.